The van der Waals surface area contributed by atoms with Crippen molar-refractivity contribution < 1.29 is 14.7 Å². The molecule has 2 heterocycles. The van der Waals surface area contributed by atoms with E-state index in [9.17, 15) is 14.7 Å². The molecule has 20 heavy (non-hydrogen) atoms. The van der Waals surface area contributed by atoms with Crippen LogP contribution in [0.5, 0.6) is 0 Å². The Labute approximate surface area is 133 Å². The van der Waals surface area contributed by atoms with Gasteiger partial charge < -0.3 is 5.11 Å². The fourth-order valence-electron chi connectivity index (χ4n) is 2.40. The molecule has 0 fully saturated rings. The summed E-state index contributed by atoms with van der Waals surface area (Å²) in [7, 11) is 0. The summed E-state index contributed by atoms with van der Waals surface area (Å²) >= 11 is 3.62. The molecule has 1 N–H and O–H groups in total. The van der Waals surface area contributed by atoms with Crippen LogP contribution in [0.3, 0.4) is 0 Å². The number of benzene rings is 1. The number of aliphatic carboxylic acids is 1. The van der Waals surface area contributed by atoms with Crippen LogP contribution in [0.1, 0.15) is 15.9 Å². The van der Waals surface area contributed by atoms with Crippen molar-refractivity contribution in [1.82, 2.24) is 0 Å². The molecule has 0 saturated carbocycles. The summed E-state index contributed by atoms with van der Waals surface area (Å²) in [5.41, 5.74) is 2.15. The number of thiophene rings is 1. The molecule has 1 atom stereocenters. The van der Waals surface area contributed by atoms with Gasteiger partial charge in [0.15, 0.2) is 0 Å². The predicted molar refractivity (Wildman–Crippen MR) is 85.4 cm³/mol. The van der Waals surface area contributed by atoms with Crippen molar-refractivity contribution in [2.75, 3.05) is 4.90 Å². The molecule has 1 aliphatic rings. The maximum atomic E-state index is 12.6. The second kappa shape index (κ2) is 5.17. The average molecular weight is 399 g/mol. The van der Waals surface area contributed by atoms with Crippen LogP contribution in [0.25, 0.3) is 0 Å². The molecule has 2 aromatic rings. The van der Waals surface area contributed by atoms with Gasteiger partial charge in [0.25, 0.3) is 5.91 Å². The Balaban J connectivity index is 2.04. The minimum Gasteiger partial charge on any atom is -0.480 e. The molecule has 4 nitrogen and oxygen atoms in total. The third-order valence-electron chi connectivity index (χ3n) is 3.29. The van der Waals surface area contributed by atoms with Gasteiger partial charge in [0, 0.05) is 17.5 Å². The van der Waals surface area contributed by atoms with E-state index in [-0.39, 0.29) is 5.91 Å². The molecule has 0 aliphatic carbocycles. The van der Waals surface area contributed by atoms with Crippen molar-refractivity contribution in [2.24, 2.45) is 0 Å². The highest BCUT2D eigenvalue weighted by molar-refractivity contribution is 14.1. The first kappa shape index (κ1) is 13.6. The van der Waals surface area contributed by atoms with E-state index in [4.69, 9.17) is 0 Å². The summed E-state index contributed by atoms with van der Waals surface area (Å²) in [6, 6.07) is 8.31. The number of carbonyl (C=O) groups excluding carboxylic acids is 1. The summed E-state index contributed by atoms with van der Waals surface area (Å²) < 4.78 is 1.00. The number of amides is 1. The van der Waals surface area contributed by atoms with E-state index >= 15 is 0 Å². The van der Waals surface area contributed by atoms with Crippen LogP contribution in [0.4, 0.5) is 5.69 Å². The quantitative estimate of drug-likeness (QED) is 0.791. The van der Waals surface area contributed by atoms with E-state index < -0.39 is 12.0 Å². The van der Waals surface area contributed by atoms with E-state index in [1.807, 2.05) is 18.2 Å². The molecule has 1 aliphatic heterocycles. The monoisotopic (exact) mass is 399 g/mol. The largest absolute Gasteiger partial charge is 0.480 e. The van der Waals surface area contributed by atoms with Gasteiger partial charge in [-0.05, 0) is 40.3 Å². The van der Waals surface area contributed by atoms with Gasteiger partial charge in [-0.3, -0.25) is 9.69 Å². The minimum absolute atomic E-state index is 0.249. The number of nitrogens with zero attached hydrogens (tertiary/aromatic N) is 1. The standard InChI is InChI=1S/C14H10INO3S/c15-12-6-9(7-20-12)13(17)16-10-4-2-1-3-8(10)5-11(16)14(18)19/h1-4,6-7,11H,5H2,(H,18,19). The first-order valence-corrected chi connectivity index (χ1v) is 7.92. The van der Waals surface area contributed by atoms with Crippen LogP contribution in [0.15, 0.2) is 35.7 Å². The highest BCUT2D eigenvalue weighted by Gasteiger charge is 2.38. The lowest BCUT2D eigenvalue weighted by Gasteiger charge is -2.22. The third kappa shape index (κ3) is 2.22. The molecule has 1 unspecified atom stereocenters. The van der Waals surface area contributed by atoms with Crippen molar-refractivity contribution in [3.8, 4) is 0 Å². The highest BCUT2D eigenvalue weighted by Crippen LogP contribution is 2.34. The number of fused-ring (bicyclic) bond motifs is 1. The summed E-state index contributed by atoms with van der Waals surface area (Å²) in [6.07, 6.45) is 0.360. The number of hydrogen-bond acceptors (Lipinski definition) is 3. The minimum atomic E-state index is -0.973. The van der Waals surface area contributed by atoms with Crippen molar-refractivity contribution in [3.05, 3.63) is 49.7 Å². The second-order valence-electron chi connectivity index (χ2n) is 4.50. The zero-order valence-electron chi connectivity index (χ0n) is 10.2. The SMILES string of the molecule is O=C(O)C1Cc2ccccc2N1C(=O)c1csc(I)c1. The summed E-state index contributed by atoms with van der Waals surface area (Å²) in [5.74, 6) is -1.22. The van der Waals surface area contributed by atoms with Crippen molar-refractivity contribution >= 4 is 51.5 Å². The molecule has 0 spiro atoms. The number of carbonyl (C=O) groups is 2. The molecule has 3 rings (SSSR count). The lowest BCUT2D eigenvalue weighted by atomic mass is 10.1. The zero-order chi connectivity index (χ0) is 14.3. The molecule has 0 bridgehead atoms. The molecule has 0 saturated heterocycles. The van der Waals surface area contributed by atoms with E-state index in [2.05, 4.69) is 22.6 Å². The molecule has 1 aromatic carbocycles. The summed E-state index contributed by atoms with van der Waals surface area (Å²) in [5, 5.41) is 11.1. The highest BCUT2D eigenvalue weighted by atomic mass is 127. The number of carboxylic acids is 1. The van der Waals surface area contributed by atoms with Gasteiger partial charge in [-0.15, -0.1) is 11.3 Å². The third-order valence-corrected chi connectivity index (χ3v) is 5.08. The topological polar surface area (TPSA) is 57.6 Å². The maximum Gasteiger partial charge on any atom is 0.327 e. The van der Waals surface area contributed by atoms with E-state index in [1.54, 1.807) is 17.5 Å². The number of halogens is 1. The van der Waals surface area contributed by atoms with E-state index in [1.165, 1.54) is 16.2 Å². The fraction of sp³-hybridized carbons (Fsp3) is 0.143. The van der Waals surface area contributed by atoms with E-state index in [0.29, 0.717) is 17.7 Å². The summed E-state index contributed by atoms with van der Waals surface area (Å²) in [4.78, 5) is 25.4. The van der Waals surface area contributed by atoms with Crippen LogP contribution in [-0.2, 0) is 11.2 Å². The lowest BCUT2D eigenvalue weighted by molar-refractivity contribution is -0.138. The zero-order valence-corrected chi connectivity index (χ0v) is 13.2. The lowest BCUT2D eigenvalue weighted by Crippen LogP contribution is -2.42. The first-order chi connectivity index (χ1) is 9.58. The van der Waals surface area contributed by atoms with Gasteiger partial charge >= 0.3 is 5.97 Å². The van der Waals surface area contributed by atoms with Gasteiger partial charge in [-0.1, -0.05) is 18.2 Å². The molecular formula is C14H10INO3S. The predicted octanol–water partition coefficient (Wildman–Crippen LogP) is 3.01. The molecule has 1 aromatic heterocycles. The Morgan fingerprint density at radius 3 is 2.75 bits per heavy atom. The molecule has 1 amide bonds. The second-order valence-corrected chi connectivity index (χ2v) is 7.31. The fourth-order valence-corrected chi connectivity index (χ4v) is 3.72. The Bertz CT molecular complexity index is 697. The van der Waals surface area contributed by atoms with Crippen molar-refractivity contribution in [2.45, 2.75) is 12.5 Å². The molecule has 102 valence electrons. The van der Waals surface area contributed by atoms with Crippen molar-refractivity contribution in [1.29, 1.82) is 0 Å². The van der Waals surface area contributed by atoms with Crippen molar-refractivity contribution in [3.63, 3.8) is 0 Å². The van der Waals surface area contributed by atoms with Gasteiger partial charge in [0.1, 0.15) is 6.04 Å². The number of anilines is 1. The van der Waals surface area contributed by atoms with Crippen LogP contribution < -0.4 is 4.90 Å². The number of carboxylic acid groups (broad SMARTS) is 1. The van der Waals surface area contributed by atoms with Gasteiger partial charge in [-0.25, -0.2) is 4.79 Å². The smallest absolute Gasteiger partial charge is 0.327 e. The van der Waals surface area contributed by atoms with Gasteiger partial charge in [-0.2, -0.15) is 0 Å². The summed E-state index contributed by atoms with van der Waals surface area (Å²) in [6.45, 7) is 0. The maximum absolute atomic E-state index is 12.6. The van der Waals surface area contributed by atoms with Crippen LogP contribution >= 0.6 is 33.9 Å². The Kier molecular flexibility index (Phi) is 3.51. The van der Waals surface area contributed by atoms with Crippen LogP contribution in [0.2, 0.25) is 0 Å². The van der Waals surface area contributed by atoms with E-state index in [0.717, 1.165) is 8.45 Å². The number of para-hydroxylation sites is 1. The first-order valence-electron chi connectivity index (χ1n) is 5.96. The van der Waals surface area contributed by atoms with Crippen LogP contribution in [0, 0.1) is 2.88 Å². The molecule has 0 radical (unpaired) electrons. The molecule has 6 heteroatoms. The normalized spacial score (nSPS) is 17.1. The average Bonchev–Trinajstić information content (AvgIpc) is 3.01. The molecular weight excluding hydrogens is 389 g/mol. The Hall–Kier alpha value is -1.41. The Morgan fingerprint density at radius 1 is 1.35 bits per heavy atom. The van der Waals surface area contributed by atoms with Crippen LogP contribution in [-0.4, -0.2) is 23.0 Å². The number of hydrogen-bond donors (Lipinski definition) is 1. The Morgan fingerprint density at radius 2 is 2.10 bits per heavy atom. The number of rotatable bonds is 2. The van der Waals surface area contributed by atoms with Gasteiger partial charge in [0.05, 0.1) is 8.45 Å². The van der Waals surface area contributed by atoms with Gasteiger partial charge in [0.2, 0.25) is 0 Å².